The summed E-state index contributed by atoms with van der Waals surface area (Å²) in [5, 5.41) is 8.46. The lowest BCUT2D eigenvalue weighted by molar-refractivity contribution is 0.459. The molecule has 0 fully saturated rings. The summed E-state index contributed by atoms with van der Waals surface area (Å²) in [6, 6.07) is 13.1. The smallest absolute Gasteiger partial charge is 0.230 e. The van der Waals surface area contributed by atoms with Crippen molar-refractivity contribution in [1.82, 2.24) is 15.2 Å². The molecule has 0 bridgehead atoms. The minimum Gasteiger partial charge on any atom is -0.423 e. The molecule has 2 N–H and O–H groups in total. The fraction of sp³-hybridized carbons (Fsp3) is 0.118. The van der Waals surface area contributed by atoms with E-state index in [1.807, 2.05) is 36.4 Å². The summed E-state index contributed by atoms with van der Waals surface area (Å²) in [4.78, 5) is 4.46. The summed E-state index contributed by atoms with van der Waals surface area (Å²) in [6.45, 7) is 0.196. The second kappa shape index (κ2) is 6.10. The van der Waals surface area contributed by atoms with Crippen molar-refractivity contribution in [2.24, 2.45) is 5.73 Å². The number of nitrogens with zero attached hydrogens (tertiary/aromatic N) is 3. The maximum absolute atomic E-state index is 14.9. The van der Waals surface area contributed by atoms with Gasteiger partial charge in [-0.3, -0.25) is 0 Å². The summed E-state index contributed by atoms with van der Waals surface area (Å²) in [5.74, 6) is 0.553. The largest absolute Gasteiger partial charge is 0.423 e. The molecule has 2 aromatic heterocycles. The summed E-state index contributed by atoms with van der Waals surface area (Å²) in [7, 11) is 0. The molecule has 24 heavy (non-hydrogen) atoms. The van der Waals surface area contributed by atoms with Crippen LogP contribution in [0, 0.1) is 5.82 Å². The number of aromatic nitrogens is 3. The molecule has 4 rings (SSSR count). The van der Waals surface area contributed by atoms with Crippen LogP contribution in [0.3, 0.4) is 0 Å². The minimum absolute atomic E-state index is 0.196. The molecule has 120 valence electrons. The molecule has 0 aliphatic rings. The van der Waals surface area contributed by atoms with E-state index in [-0.39, 0.29) is 12.4 Å². The highest BCUT2D eigenvalue weighted by molar-refractivity contribution is 7.18. The highest BCUT2D eigenvalue weighted by Gasteiger charge is 2.15. The zero-order chi connectivity index (χ0) is 16.5. The zero-order valence-corrected chi connectivity index (χ0v) is 13.4. The van der Waals surface area contributed by atoms with Gasteiger partial charge in [0.1, 0.15) is 10.8 Å². The topological polar surface area (TPSA) is 77.8 Å². The van der Waals surface area contributed by atoms with Gasteiger partial charge in [-0.05, 0) is 17.7 Å². The maximum atomic E-state index is 14.9. The van der Waals surface area contributed by atoms with E-state index in [1.165, 1.54) is 11.3 Å². The monoisotopic (exact) mass is 340 g/mol. The van der Waals surface area contributed by atoms with Crippen LogP contribution in [0.4, 0.5) is 4.39 Å². The number of benzene rings is 2. The van der Waals surface area contributed by atoms with Crippen molar-refractivity contribution >= 4 is 21.6 Å². The van der Waals surface area contributed by atoms with Crippen molar-refractivity contribution in [2.75, 3.05) is 0 Å². The normalized spacial score (nSPS) is 11.2. The molecular weight excluding hydrogens is 327 g/mol. The Kier molecular flexibility index (Phi) is 3.79. The third kappa shape index (κ3) is 2.68. The first-order chi connectivity index (χ1) is 11.7. The van der Waals surface area contributed by atoms with E-state index in [9.17, 15) is 4.39 Å². The number of thiazole rings is 1. The number of hydrogen-bond acceptors (Lipinski definition) is 6. The molecule has 0 aliphatic carbocycles. The fourth-order valence-corrected chi connectivity index (χ4v) is 3.49. The standard InChI is InChI=1S/C17H13FN4OS/c18-16-11(10-4-2-1-3-5-10)6-7-12-17(16)24-15(20-12)8-13-21-22-14(9-19)23-13/h1-7H,8-9,19H2. The summed E-state index contributed by atoms with van der Waals surface area (Å²) in [5.41, 5.74) is 7.50. The van der Waals surface area contributed by atoms with Gasteiger partial charge < -0.3 is 10.2 Å². The molecule has 0 saturated heterocycles. The Morgan fingerprint density at radius 1 is 1.04 bits per heavy atom. The Bertz CT molecular complexity index is 996. The molecule has 0 atom stereocenters. The predicted octanol–water partition coefficient (Wildman–Crippen LogP) is 3.53. The first-order valence-corrected chi connectivity index (χ1v) is 8.21. The predicted molar refractivity (Wildman–Crippen MR) is 90.0 cm³/mol. The molecule has 0 saturated carbocycles. The zero-order valence-electron chi connectivity index (χ0n) is 12.6. The van der Waals surface area contributed by atoms with Crippen LogP contribution in [-0.2, 0) is 13.0 Å². The molecule has 0 unspecified atom stereocenters. The first-order valence-electron chi connectivity index (χ1n) is 7.39. The van der Waals surface area contributed by atoms with Crippen molar-refractivity contribution < 1.29 is 8.81 Å². The highest BCUT2D eigenvalue weighted by Crippen LogP contribution is 2.32. The third-order valence-corrected chi connectivity index (χ3v) is 4.68. The van der Waals surface area contributed by atoms with E-state index in [0.29, 0.717) is 34.0 Å². The van der Waals surface area contributed by atoms with Gasteiger partial charge >= 0.3 is 0 Å². The first kappa shape index (κ1) is 14.9. The quantitative estimate of drug-likeness (QED) is 0.615. The molecule has 2 aromatic carbocycles. The van der Waals surface area contributed by atoms with Gasteiger partial charge in [0.15, 0.2) is 0 Å². The number of fused-ring (bicyclic) bond motifs is 1. The average molecular weight is 340 g/mol. The van der Waals surface area contributed by atoms with Crippen LogP contribution < -0.4 is 5.73 Å². The van der Waals surface area contributed by atoms with Gasteiger partial charge in [0.05, 0.1) is 23.2 Å². The van der Waals surface area contributed by atoms with Gasteiger partial charge in [-0.15, -0.1) is 21.5 Å². The lowest BCUT2D eigenvalue weighted by Crippen LogP contribution is -1.95. The Labute approximate surface area is 141 Å². The molecule has 5 nitrogen and oxygen atoms in total. The molecular formula is C17H13FN4OS. The number of rotatable bonds is 4. The minimum atomic E-state index is -0.254. The molecule has 0 amide bonds. The van der Waals surface area contributed by atoms with E-state index < -0.39 is 0 Å². The van der Waals surface area contributed by atoms with Crippen LogP contribution in [0.2, 0.25) is 0 Å². The van der Waals surface area contributed by atoms with E-state index in [2.05, 4.69) is 15.2 Å². The number of hydrogen-bond donors (Lipinski definition) is 1. The third-order valence-electron chi connectivity index (χ3n) is 3.61. The number of halogens is 1. The Hall–Kier alpha value is -2.64. The summed E-state index contributed by atoms with van der Waals surface area (Å²) in [6.07, 6.45) is 0.368. The van der Waals surface area contributed by atoms with Gasteiger partial charge in [0.2, 0.25) is 11.8 Å². The molecule has 2 heterocycles. The van der Waals surface area contributed by atoms with Crippen LogP contribution in [-0.4, -0.2) is 15.2 Å². The number of nitrogens with two attached hydrogens (primary N) is 1. The van der Waals surface area contributed by atoms with Crippen LogP contribution >= 0.6 is 11.3 Å². The van der Waals surface area contributed by atoms with Crippen LogP contribution in [0.25, 0.3) is 21.3 Å². The van der Waals surface area contributed by atoms with E-state index in [1.54, 1.807) is 6.07 Å². The van der Waals surface area contributed by atoms with Crippen LogP contribution in [0.5, 0.6) is 0 Å². The SMILES string of the molecule is NCc1nnc(Cc2nc3ccc(-c4ccccc4)c(F)c3s2)o1. The lowest BCUT2D eigenvalue weighted by Gasteiger charge is -2.03. The molecule has 0 radical (unpaired) electrons. The van der Waals surface area contributed by atoms with Gasteiger partial charge in [-0.1, -0.05) is 30.3 Å². The van der Waals surface area contributed by atoms with Crippen molar-refractivity contribution in [1.29, 1.82) is 0 Å². The molecule has 7 heteroatoms. The maximum Gasteiger partial charge on any atom is 0.230 e. The van der Waals surface area contributed by atoms with E-state index in [0.717, 1.165) is 10.6 Å². The van der Waals surface area contributed by atoms with Gasteiger partial charge in [-0.25, -0.2) is 9.37 Å². The summed E-state index contributed by atoms with van der Waals surface area (Å²) < 4.78 is 20.8. The van der Waals surface area contributed by atoms with Crippen molar-refractivity contribution in [2.45, 2.75) is 13.0 Å². The fourth-order valence-electron chi connectivity index (χ4n) is 2.49. The van der Waals surface area contributed by atoms with Crippen molar-refractivity contribution in [3.63, 3.8) is 0 Å². The summed E-state index contributed by atoms with van der Waals surface area (Å²) >= 11 is 1.30. The molecule has 4 aromatic rings. The van der Waals surface area contributed by atoms with E-state index >= 15 is 0 Å². The van der Waals surface area contributed by atoms with Crippen molar-refractivity contribution in [3.05, 3.63) is 65.1 Å². The molecule has 0 spiro atoms. The van der Waals surface area contributed by atoms with Crippen molar-refractivity contribution in [3.8, 4) is 11.1 Å². The Morgan fingerprint density at radius 2 is 1.83 bits per heavy atom. The van der Waals surface area contributed by atoms with Gasteiger partial charge in [0, 0.05) is 5.56 Å². The van der Waals surface area contributed by atoms with Gasteiger partial charge in [-0.2, -0.15) is 0 Å². The second-order valence-electron chi connectivity index (χ2n) is 5.22. The highest BCUT2D eigenvalue weighted by atomic mass is 32.1. The second-order valence-corrected chi connectivity index (χ2v) is 6.30. The Morgan fingerprint density at radius 3 is 2.58 bits per heavy atom. The average Bonchev–Trinajstić information content (AvgIpc) is 3.23. The van der Waals surface area contributed by atoms with Crippen LogP contribution in [0.15, 0.2) is 46.9 Å². The lowest BCUT2D eigenvalue weighted by atomic mass is 10.1. The van der Waals surface area contributed by atoms with Crippen LogP contribution in [0.1, 0.15) is 16.8 Å². The Balaban J connectivity index is 1.71. The van der Waals surface area contributed by atoms with Gasteiger partial charge in [0.25, 0.3) is 0 Å². The van der Waals surface area contributed by atoms with E-state index in [4.69, 9.17) is 10.2 Å². The molecule has 0 aliphatic heterocycles.